The smallest absolute Gasteiger partial charge is 0.275 e. The number of nitrogens with one attached hydrogen (secondary N) is 3. The average Bonchev–Trinajstić information content (AvgIpc) is 3.11. The second kappa shape index (κ2) is 5.18. The van der Waals surface area contributed by atoms with Crippen LogP contribution in [0, 0.1) is 11.7 Å². The van der Waals surface area contributed by atoms with Crippen molar-refractivity contribution in [3.05, 3.63) is 58.9 Å². The number of rotatable bonds is 2. The Bertz CT molecular complexity index is 1100. The molecule has 1 unspecified atom stereocenters. The number of carbonyl (C=O) groups excluding carboxylic acids is 1. The van der Waals surface area contributed by atoms with Gasteiger partial charge in [0.2, 0.25) is 0 Å². The lowest BCUT2D eigenvalue weighted by atomic mass is 9.98. The van der Waals surface area contributed by atoms with E-state index in [9.17, 15) is 9.18 Å². The summed E-state index contributed by atoms with van der Waals surface area (Å²) < 4.78 is 14.0. The van der Waals surface area contributed by atoms with Gasteiger partial charge in [-0.25, -0.2) is 9.87 Å². The number of fused-ring (bicyclic) bond motifs is 1. The van der Waals surface area contributed by atoms with Gasteiger partial charge in [-0.3, -0.25) is 9.63 Å². The van der Waals surface area contributed by atoms with Gasteiger partial charge >= 0.3 is 0 Å². The lowest BCUT2D eigenvalue weighted by Crippen LogP contribution is -2.25. The maximum Gasteiger partial charge on any atom is 0.275 e. The van der Waals surface area contributed by atoms with Crippen LogP contribution in [-0.2, 0) is 17.0 Å². The van der Waals surface area contributed by atoms with Gasteiger partial charge in [-0.15, -0.1) is 0 Å². The van der Waals surface area contributed by atoms with E-state index < -0.39 is 11.7 Å². The number of piperidine rings is 1. The number of H-pyrrole nitrogens is 1. The van der Waals surface area contributed by atoms with Crippen LogP contribution in [0.3, 0.4) is 0 Å². The molecule has 1 amide bonds. The van der Waals surface area contributed by atoms with E-state index in [1.165, 1.54) is 30.5 Å². The number of benzene rings is 2. The van der Waals surface area contributed by atoms with Crippen molar-refractivity contribution in [1.82, 2.24) is 15.8 Å². The van der Waals surface area contributed by atoms with Crippen LogP contribution in [0.1, 0.15) is 34.3 Å². The minimum absolute atomic E-state index is 0.181. The number of amides is 1. The van der Waals surface area contributed by atoms with Crippen molar-refractivity contribution < 1.29 is 14.0 Å². The average molecular weight is 363 g/mol. The van der Waals surface area contributed by atoms with Gasteiger partial charge < -0.3 is 10.3 Å². The molecule has 3 aromatic rings. The lowest BCUT2D eigenvalue weighted by Gasteiger charge is -2.14. The van der Waals surface area contributed by atoms with E-state index in [0.29, 0.717) is 11.1 Å². The molecule has 3 heterocycles. The summed E-state index contributed by atoms with van der Waals surface area (Å²) in [5.41, 5.74) is 7.52. The summed E-state index contributed by atoms with van der Waals surface area (Å²) in [5, 5.41) is 4.37. The predicted octanol–water partition coefficient (Wildman–Crippen LogP) is 3.36. The van der Waals surface area contributed by atoms with Crippen molar-refractivity contribution in [2.45, 2.75) is 25.0 Å². The molecule has 27 heavy (non-hydrogen) atoms. The third kappa shape index (κ3) is 2.08. The molecular weight excluding hydrogens is 345 g/mol. The maximum atomic E-state index is 14.0. The summed E-state index contributed by atoms with van der Waals surface area (Å²) in [6, 6.07) is 11.2. The maximum absolute atomic E-state index is 14.0. The first-order valence-electron chi connectivity index (χ1n) is 9.28. The Kier molecular flexibility index (Phi) is 2.95. The fraction of sp³-hybridized carbons (Fsp3) is 0.286. The van der Waals surface area contributed by atoms with Crippen LogP contribution in [0.25, 0.3) is 22.2 Å². The summed E-state index contributed by atoms with van der Waals surface area (Å²) in [6.07, 6.45) is 2.47. The first-order valence-corrected chi connectivity index (χ1v) is 9.28. The molecule has 3 N–H and O–H groups in total. The van der Waals surface area contributed by atoms with Gasteiger partial charge in [0.05, 0.1) is 11.3 Å². The lowest BCUT2D eigenvalue weighted by molar-refractivity contribution is 0.0255. The van der Waals surface area contributed by atoms with Crippen LogP contribution < -0.4 is 10.8 Å². The Labute approximate surface area is 154 Å². The Morgan fingerprint density at radius 1 is 1.19 bits per heavy atom. The van der Waals surface area contributed by atoms with Gasteiger partial charge in [0.15, 0.2) is 0 Å². The minimum Gasteiger partial charge on any atom is -0.354 e. The molecule has 0 bridgehead atoms. The number of carbonyl (C=O) groups is 1. The molecule has 2 aromatic carbocycles. The topological polar surface area (TPSA) is 66.2 Å². The molecule has 5 nitrogen and oxygen atoms in total. The standard InChI is InChI=1S/C21H18FN3O2/c22-14-7-15-18-16(10-27-25-20(15)26)19(24-17(18)8-14)11-1-3-12(4-2-11)21-9-13(21)5-6-23-21/h1-4,7-8,13,23-24H,5-6,9-10H2,(H,25,26)/t13?,21-/m1/s1. The quantitative estimate of drug-likeness (QED) is 0.654. The van der Waals surface area contributed by atoms with Gasteiger partial charge in [0.1, 0.15) is 12.4 Å². The van der Waals surface area contributed by atoms with Gasteiger partial charge in [-0.1, -0.05) is 24.3 Å². The van der Waals surface area contributed by atoms with Crippen molar-refractivity contribution >= 4 is 16.8 Å². The zero-order valence-corrected chi connectivity index (χ0v) is 14.6. The number of hydroxylamine groups is 1. The van der Waals surface area contributed by atoms with E-state index in [4.69, 9.17) is 4.84 Å². The molecule has 2 fully saturated rings. The van der Waals surface area contributed by atoms with Crippen LogP contribution in [0.5, 0.6) is 0 Å². The summed E-state index contributed by atoms with van der Waals surface area (Å²) in [4.78, 5) is 20.8. The Morgan fingerprint density at radius 2 is 2.04 bits per heavy atom. The van der Waals surface area contributed by atoms with E-state index in [-0.39, 0.29) is 12.1 Å². The number of aromatic amines is 1. The molecule has 136 valence electrons. The van der Waals surface area contributed by atoms with Gasteiger partial charge in [-0.05, 0) is 48.6 Å². The molecule has 0 spiro atoms. The van der Waals surface area contributed by atoms with Crippen molar-refractivity contribution in [1.29, 1.82) is 0 Å². The highest BCUT2D eigenvalue weighted by Gasteiger charge is 2.57. The highest BCUT2D eigenvalue weighted by atomic mass is 19.1. The normalized spacial score (nSPS) is 26.0. The highest BCUT2D eigenvalue weighted by Crippen LogP contribution is 2.57. The largest absolute Gasteiger partial charge is 0.354 e. The van der Waals surface area contributed by atoms with Crippen LogP contribution in [0.4, 0.5) is 4.39 Å². The van der Waals surface area contributed by atoms with Crippen LogP contribution in [-0.4, -0.2) is 17.4 Å². The molecule has 1 saturated heterocycles. The molecule has 1 aliphatic carbocycles. The first-order chi connectivity index (χ1) is 13.2. The minimum atomic E-state index is -0.449. The number of halogens is 1. The van der Waals surface area contributed by atoms with Crippen LogP contribution >= 0.6 is 0 Å². The number of hydrogen-bond acceptors (Lipinski definition) is 3. The molecular formula is C21H18FN3O2. The van der Waals surface area contributed by atoms with Gasteiger partial charge in [0, 0.05) is 22.0 Å². The SMILES string of the molecule is O=C1NOCc2c(-c3ccc([C@]45CC4CCN5)cc3)[nH]c3cc(F)cc1c23. The third-order valence-corrected chi connectivity index (χ3v) is 6.32. The molecule has 6 rings (SSSR count). The van der Waals surface area contributed by atoms with E-state index >= 15 is 0 Å². The molecule has 6 heteroatoms. The fourth-order valence-corrected chi connectivity index (χ4v) is 4.92. The molecule has 3 aliphatic rings. The summed E-state index contributed by atoms with van der Waals surface area (Å²) >= 11 is 0. The van der Waals surface area contributed by atoms with Crippen LogP contribution in [0.15, 0.2) is 36.4 Å². The molecule has 2 atom stereocenters. The van der Waals surface area contributed by atoms with Gasteiger partial charge in [-0.2, -0.15) is 0 Å². The third-order valence-electron chi connectivity index (χ3n) is 6.32. The summed E-state index contributed by atoms with van der Waals surface area (Å²) in [7, 11) is 0. The van der Waals surface area contributed by atoms with Crippen molar-refractivity contribution in [2.75, 3.05) is 6.54 Å². The fourth-order valence-electron chi connectivity index (χ4n) is 4.92. The molecule has 0 radical (unpaired) electrons. The number of hydrogen-bond donors (Lipinski definition) is 3. The van der Waals surface area contributed by atoms with Crippen LogP contribution in [0.2, 0.25) is 0 Å². The first kappa shape index (κ1) is 15.4. The second-order valence-corrected chi connectivity index (χ2v) is 7.74. The zero-order valence-electron chi connectivity index (χ0n) is 14.6. The van der Waals surface area contributed by atoms with Gasteiger partial charge in [0.25, 0.3) is 5.91 Å². The predicted molar refractivity (Wildman–Crippen MR) is 98.4 cm³/mol. The van der Waals surface area contributed by atoms with E-state index in [0.717, 1.165) is 34.7 Å². The second-order valence-electron chi connectivity index (χ2n) is 7.74. The van der Waals surface area contributed by atoms with E-state index in [2.05, 4.69) is 40.0 Å². The van der Waals surface area contributed by atoms with Crippen molar-refractivity contribution in [2.24, 2.45) is 5.92 Å². The Morgan fingerprint density at radius 3 is 2.78 bits per heavy atom. The Hall–Kier alpha value is -2.70. The summed E-state index contributed by atoms with van der Waals surface area (Å²) in [6.45, 7) is 1.32. The number of aromatic nitrogens is 1. The van der Waals surface area contributed by atoms with E-state index in [1.54, 1.807) is 0 Å². The van der Waals surface area contributed by atoms with Crippen molar-refractivity contribution in [3.63, 3.8) is 0 Å². The molecule has 2 aliphatic heterocycles. The zero-order chi connectivity index (χ0) is 18.2. The van der Waals surface area contributed by atoms with Crippen molar-refractivity contribution in [3.8, 4) is 11.3 Å². The highest BCUT2D eigenvalue weighted by molar-refractivity contribution is 6.09. The molecule has 1 aromatic heterocycles. The summed E-state index contributed by atoms with van der Waals surface area (Å²) in [5.74, 6) is -0.113. The Balaban J connectivity index is 1.49. The monoisotopic (exact) mass is 363 g/mol. The molecule has 1 saturated carbocycles. The van der Waals surface area contributed by atoms with E-state index in [1.807, 2.05) is 0 Å².